The minimum Gasteiger partial charge on any atom is -0.481 e. The van der Waals surface area contributed by atoms with E-state index in [-0.39, 0.29) is 0 Å². The van der Waals surface area contributed by atoms with Crippen molar-refractivity contribution in [3.8, 4) is 0 Å². The molecule has 0 aromatic rings. The molecular weight excluding hydrogens is 212 g/mol. The summed E-state index contributed by atoms with van der Waals surface area (Å²) in [6, 6.07) is 0. The highest BCUT2D eigenvalue weighted by Crippen LogP contribution is 2.16. The maximum Gasteiger partial charge on any atom is 0.336 e. The summed E-state index contributed by atoms with van der Waals surface area (Å²) in [5.74, 6) is -10.5. The molecule has 15 heavy (non-hydrogen) atoms. The number of nitrogens with two attached hydrogens (primary N) is 2. The van der Waals surface area contributed by atoms with Crippen molar-refractivity contribution in [2.45, 2.75) is 5.54 Å². The second-order valence-corrected chi connectivity index (χ2v) is 2.65. The molecule has 0 aromatic carbocycles. The normalized spacial score (nSPS) is 12.9. The average Bonchev–Trinajstić information content (AvgIpc) is 2.01. The van der Waals surface area contributed by atoms with Crippen LogP contribution < -0.4 is 11.5 Å². The van der Waals surface area contributed by atoms with Gasteiger partial charge in [0.05, 0.1) is 0 Å². The molecule has 0 spiro atoms. The summed E-state index contributed by atoms with van der Waals surface area (Å²) in [7, 11) is 0. The highest BCUT2D eigenvalue weighted by molar-refractivity contribution is 6.14. The Morgan fingerprint density at radius 3 is 1.40 bits per heavy atom. The lowest BCUT2D eigenvalue weighted by Crippen LogP contribution is -2.65. The molecule has 0 aromatic heterocycles. The van der Waals surface area contributed by atoms with E-state index in [2.05, 4.69) is 5.73 Å². The molecule has 1 amide bonds. The maximum atomic E-state index is 10.6. The number of rotatable bonds is 5. The Morgan fingerprint density at radius 2 is 1.33 bits per heavy atom. The molecule has 0 aliphatic rings. The van der Waals surface area contributed by atoms with Crippen LogP contribution in [0.2, 0.25) is 0 Å². The average molecular weight is 220 g/mol. The van der Waals surface area contributed by atoms with Crippen molar-refractivity contribution in [3.05, 3.63) is 0 Å². The van der Waals surface area contributed by atoms with Gasteiger partial charge < -0.3 is 26.8 Å². The topological polar surface area (TPSA) is 181 Å². The summed E-state index contributed by atoms with van der Waals surface area (Å²) in [6.45, 7) is 0. The zero-order valence-electron chi connectivity index (χ0n) is 7.21. The Bertz CT molecular complexity index is 308. The Hall–Kier alpha value is -2.16. The summed E-state index contributed by atoms with van der Waals surface area (Å²) in [5, 5.41) is 25.5. The van der Waals surface area contributed by atoms with Crippen LogP contribution in [0.5, 0.6) is 0 Å². The van der Waals surface area contributed by atoms with Crippen LogP contribution in [0.1, 0.15) is 0 Å². The first-order valence-electron chi connectivity index (χ1n) is 3.43. The van der Waals surface area contributed by atoms with Gasteiger partial charge in [-0.15, -0.1) is 0 Å². The van der Waals surface area contributed by atoms with Crippen molar-refractivity contribution < 1.29 is 34.5 Å². The van der Waals surface area contributed by atoms with E-state index in [0.29, 0.717) is 0 Å². The van der Waals surface area contributed by atoms with E-state index >= 15 is 0 Å². The van der Waals surface area contributed by atoms with Crippen LogP contribution in [0.15, 0.2) is 0 Å². The van der Waals surface area contributed by atoms with Crippen molar-refractivity contribution in [1.82, 2.24) is 0 Å². The van der Waals surface area contributed by atoms with Gasteiger partial charge in [0.2, 0.25) is 11.4 Å². The smallest absolute Gasteiger partial charge is 0.336 e. The van der Waals surface area contributed by atoms with E-state index in [4.69, 9.17) is 21.1 Å². The van der Waals surface area contributed by atoms with Crippen LogP contribution in [0.3, 0.4) is 0 Å². The molecule has 0 rings (SSSR count). The predicted molar refractivity (Wildman–Crippen MR) is 42.5 cm³/mol. The Labute approximate surface area is 82.3 Å². The van der Waals surface area contributed by atoms with Crippen LogP contribution in [0.4, 0.5) is 0 Å². The number of amides is 1. The van der Waals surface area contributed by atoms with Gasteiger partial charge in [-0.1, -0.05) is 0 Å². The zero-order chi connectivity index (χ0) is 12.4. The molecule has 0 heterocycles. The quantitative estimate of drug-likeness (QED) is 0.304. The number of carbonyl (C=O) groups is 4. The highest BCUT2D eigenvalue weighted by atomic mass is 16.4. The molecule has 7 N–H and O–H groups in total. The molecular formula is C6H8N2O7. The van der Waals surface area contributed by atoms with Crippen LogP contribution in [-0.2, 0) is 19.2 Å². The molecule has 1 atom stereocenters. The van der Waals surface area contributed by atoms with Crippen molar-refractivity contribution in [2.75, 3.05) is 0 Å². The first kappa shape index (κ1) is 12.8. The van der Waals surface area contributed by atoms with Crippen LogP contribution in [-0.4, -0.2) is 44.7 Å². The summed E-state index contributed by atoms with van der Waals surface area (Å²) in [6.07, 6.45) is 0. The Kier molecular flexibility index (Phi) is 3.36. The molecule has 0 radical (unpaired) electrons. The molecule has 84 valence electrons. The third kappa shape index (κ3) is 2.02. The van der Waals surface area contributed by atoms with Crippen molar-refractivity contribution >= 4 is 23.8 Å². The third-order valence-electron chi connectivity index (χ3n) is 1.69. The van der Waals surface area contributed by atoms with E-state index in [9.17, 15) is 19.2 Å². The van der Waals surface area contributed by atoms with Gasteiger partial charge >= 0.3 is 17.9 Å². The van der Waals surface area contributed by atoms with Crippen molar-refractivity contribution in [2.24, 2.45) is 17.4 Å². The fourth-order valence-electron chi connectivity index (χ4n) is 0.879. The monoisotopic (exact) mass is 220 g/mol. The largest absolute Gasteiger partial charge is 0.481 e. The van der Waals surface area contributed by atoms with Crippen LogP contribution >= 0.6 is 0 Å². The van der Waals surface area contributed by atoms with Crippen LogP contribution in [0, 0.1) is 5.92 Å². The molecule has 1 unspecified atom stereocenters. The van der Waals surface area contributed by atoms with E-state index in [1.807, 2.05) is 0 Å². The van der Waals surface area contributed by atoms with Gasteiger partial charge in [-0.25, -0.2) is 9.59 Å². The molecule has 0 aliphatic carbocycles. The van der Waals surface area contributed by atoms with Gasteiger partial charge in [0.15, 0.2) is 5.92 Å². The fraction of sp³-hybridized carbons (Fsp3) is 0.333. The zero-order valence-corrected chi connectivity index (χ0v) is 7.21. The van der Waals surface area contributed by atoms with Crippen molar-refractivity contribution in [1.29, 1.82) is 0 Å². The van der Waals surface area contributed by atoms with Gasteiger partial charge in [-0.2, -0.15) is 0 Å². The summed E-state index contributed by atoms with van der Waals surface area (Å²) < 4.78 is 0. The van der Waals surface area contributed by atoms with Gasteiger partial charge in [-0.05, 0) is 0 Å². The summed E-state index contributed by atoms with van der Waals surface area (Å²) in [5.41, 5.74) is 6.14. The molecule has 0 saturated carbocycles. The molecule has 9 nitrogen and oxygen atoms in total. The van der Waals surface area contributed by atoms with E-state index < -0.39 is 35.3 Å². The lowest BCUT2D eigenvalue weighted by molar-refractivity contribution is -0.169. The summed E-state index contributed by atoms with van der Waals surface area (Å²) in [4.78, 5) is 42.2. The van der Waals surface area contributed by atoms with Gasteiger partial charge in [-0.3, -0.25) is 9.59 Å². The highest BCUT2D eigenvalue weighted by Gasteiger charge is 2.56. The second-order valence-electron chi connectivity index (χ2n) is 2.65. The van der Waals surface area contributed by atoms with Gasteiger partial charge in [0.25, 0.3) is 0 Å². The van der Waals surface area contributed by atoms with Gasteiger partial charge in [0, 0.05) is 0 Å². The molecule has 9 heteroatoms. The number of carbonyl (C=O) groups excluding carboxylic acids is 1. The minimum atomic E-state index is -3.28. The third-order valence-corrected chi connectivity index (χ3v) is 1.69. The first-order valence-corrected chi connectivity index (χ1v) is 3.43. The summed E-state index contributed by atoms with van der Waals surface area (Å²) >= 11 is 0. The number of carboxylic acid groups (broad SMARTS) is 3. The lowest BCUT2D eigenvalue weighted by atomic mass is 9.84. The maximum absolute atomic E-state index is 10.6. The number of carboxylic acids is 3. The molecule has 0 saturated heterocycles. The lowest BCUT2D eigenvalue weighted by Gasteiger charge is -2.23. The number of aliphatic carboxylic acids is 3. The van der Waals surface area contributed by atoms with Crippen LogP contribution in [0.25, 0.3) is 0 Å². The van der Waals surface area contributed by atoms with Crippen molar-refractivity contribution in [3.63, 3.8) is 0 Å². The number of hydrogen-bond acceptors (Lipinski definition) is 5. The Balaban J connectivity index is 5.59. The number of hydrogen-bond donors (Lipinski definition) is 5. The predicted octanol–water partition coefficient (Wildman–Crippen LogP) is -2.96. The number of primary amides is 1. The first-order chi connectivity index (χ1) is 6.65. The fourth-order valence-corrected chi connectivity index (χ4v) is 0.879. The molecule has 0 aliphatic heterocycles. The SMILES string of the molecule is NC(=O)C(C(=O)O)C(N)(C(=O)O)C(=O)O. The minimum absolute atomic E-state index is 1.64. The Morgan fingerprint density at radius 1 is 1.00 bits per heavy atom. The van der Waals surface area contributed by atoms with E-state index in [0.717, 1.165) is 0 Å². The van der Waals surface area contributed by atoms with E-state index in [1.165, 1.54) is 0 Å². The van der Waals surface area contributed by atoms with E-state index in [1.54, 1.807) is 0 Å². The molecule has 0 fully saturated rings. The molecule has 0 bridgehead atoms. The van der Waals surface area contributed by atoms with Gasteiger partial charge in [0.1, 0.15) is 0 Å². The second kappa shape index (κ2) is 3.92. The standard InChI is InChI=1S/C6H8N2O7/c7-2(9)1(3(10)11)6(8,4(12)13)5(14)15/h1H,8H2,(H2,7,9)(H,10,11)(H,12,13)(H,14,15).